The van der Waals surface area contributed by atoms with Crippen LogP contribution in [0.2, 0.25) is 0 Å². The predicted molar refractivity (Wildman–Crippen MR) is 56.1 cm³/mol. The molecule has 0 aliphatic heterocycles. The third-order valence-electron chi connectivity index (χ3n) is 1.98. The molecule has 0 bridgehead atoms. The van der Waals surface area contributed by atoms with E-state index in [2.05, 4.69) is 13.0 Å². The molecule has 0 atom stereocenters. The Morgan fingerprint density at radius 3 is 2.36 bits per heavy atom. The molecule has 0 spiro atoms. The second kappa shape index (κ2) is 4.66. The van der Waals surface area contributed by atoms with E-state index in [9.17, 15) is 0 Å². The van der Waals surface area contributed by atoms with E-state index in [1.165, 1.54) is 0 Å². The second-order valence-corrected chi connectivity index (χ2v) is 3.25. The molecule has 2 heteroatoms. The minimum Gasteiger partial charge on any atom is -0.493 e. The fourth-order valence-corrected chi connectivity index (χ4v) is 1.42. The third kappa shape index (κ3) is 2.26. The molecule has 0 saturated carbocycles. The Labute approximate surface area is 85.1 Å². The highest BCUT2D eigenvalue weighted by Gasteiger charge is 2.05. The summed E-state index contributed by atoms with van der Waals surface area (Å²) in [5, 5.41) is 8.75. The number of rotatable bonds is 3. The summed E-state index contributed by atoms with van der Waals surface area (Å²) in [7, 11) is 0. The minimum absolute atomic E-state index is 0.619. The lowest BCUT2D eigenvalue weighted by atomic mass is 10.1. The molecule has 1 aromatic rings. The Bertz CT molecular complexity index is 340. The van der Waals surface area contributed by atoms with Crippen LogP contribution in [0.25, 0.3) is 0 Å². The first kappa shape index (κ1) is 10.6. The van der Waals surface area contributed by atoms with Crippen molar-refractivity contribution in [2.24, 2.45) is 0 Å². The van der Waals surface area contributed by atoms with Crippen molar-refractivity contribution in [2.45, 2.75) is 20.3 Å². The molecule has 0 aromatic heterocycles. The topological polar surface area (TPSA) is 33.0 Å². The van der Waals surface area contributed by atoms with Crippen molar-refractivity contribution >= 4 is 0 Å². The van der Waals surface area contributed by atoms with E-state index in [1.807, 2.05) is 26.0 Å². The van der Waals surface area contributed by atoms with Crippen LogP contribution in [0.5, 0.6) is 5.75 Å². The lowest BCUT2D eigenvalue weighted by Gasteiger charge is -2.11. The van der Waals surface area contributed by atoms with E-state index in [4.69, 9.17) is 10.00 Å². The standard InChI is InChI=1S/C12H14NO/c1-4-5-14-12-9(2)6-11(8-13)7-10(12)3/h6-7H,1,4-5H2,2-3H3. The average molecular weight is 188 g/mol. The highest BCUT2D eigenvalue weighted by molar-refractivity contribution is 5.47. The lowest BCUT2D eigenvalue weighted by molar-refractivity contribution is 0.320. The summed E-state index contributed by atoms with van der Waals surface area (Å²) in [6, 6.07) is 5.80. The molecule has 0 aliphatic rings. The first-order valence-electron chi connectivity index (χ1n) is 4.62. The van der Waals surface area contributed by atoms with Gasteiger partial charge in [0.05, 0.1) is 18.2 Å². The van der Waals surface area contributed by atoms with E-state index in [-0.39, 0.29) is 0 Å². The van der Waals surface area contributed by atoms with E-state index in [1.54, 1.807) is 0 Å². The Morgan fingerprint density at radius 2 is 1.93 bits per heavy atom. The van der Waals surface area contributed by atoms with Gasteiger partial charge in [-0.2, -0.15) is 5.26 Å². The zero-order valence-electron chi connectivity index (χ0n) is 8.63. The summed E-state index contributed by atoms with van der Waals surface area (Å²) in [5.74, 6) is 0.882. The van der Waals surface area contributed by atoms with E-state index < -0.39 is 0 Å². The Balaban J connectivity index is 3.01. The van der Waals surface area contributed by atoms with Crippen LogP contribution < -0.4 is 4.74 Å². The maximum atomic E-state index is 8.75. The second-order valence-electron chi connectivity index (χ2n) is 3.25. The molecule has 0 saturated heterocycles. The van der Waals surface area contributed by atoms with E-state index in [0.29, 0.717) is 12.2 Å². The molecule has 14 heavy (non-hydrogen) atoms. The van der Waals surface area contributed by atoms with Crippen LogP contribution in [0.15, 0.2) is 12.1 Å². The first-order chi connectivity index (χ1) is 6.69. The van der Waals surface area contributed by atoms with Crippen molar-refractivity contribution in [2.75, 3.05) is 6.61 Å². The highest BCUT2D eigenvalue weighted by Crippen LogP contribution is 2.24. The Kier molecular flexibility index (Phi) is 3.53. The number of hydrogen-bond acceptors (Lipinski definition) is 2. The molecular formula is C12H14NO. The van der Waals surface area contributed by atoms with Crippen LogP contribution in [0, 0.1) is 32.1 Å². The monoisotopic (exact) mass is 188 g/mol. The first-order valence-corrected chi connectivity index (χ1v) is 4.62. The van der Waals surface area contributed by atoms with Gasteiger partial charge < -0.3 is 4.74 Å². The van der Waals surface area contributed by atoms with Gasteiger partial charge >= 0.3 is 0 Å². The van der Waals surface area contributed by atoms with Gasteiger partial charge in [0.1, 0.15) is 5.75 Å². The van der Waals surface area contributed by atoms with E-state index >= 15 is 0 Å². The van der Waals surface area contributed by atoms with Gasteiger partial charge in [-0.1, -0.05) is 0 Å². The number of aryl methyl sites for hydroxylation is 2. The van der Waals surface area contributed by atoms with Gasteiger partial charge in [0.15, 0.2) is 0 Å². The zero-order valence-corrected chi connectivity index (χ0v) is 8.63. The molecule has 0 aliphatic carbocycles. The van der Waals surface area contributed by atoms with Gasteiger partial charge in [0, 0.05) is 0 Å². The van der Waals surface area contributed by atoms with Gasteiger partial charge in [-0.25, -0.2) is 0 Å². The number of ether oxygens (including phenoxy) is 1. The molecule has 0 amide bonds. The summed E-state index contributed by atoms with van der Waals surface area (Å²) in [6.07, 6.45) is 0.749. The average Bonchev–Trinajstić information content (AvgIpc) is 2.16. The van der Waals surface area contributed by atoms with Crippen molar-refractivity contribution in [1.82, 2.24) is 0 Å². The van der Waals surface area contributed by atoms with Crippen LogP contribution in [0.4, 0.5) is 0 Å². The van der Waals surface area contributed by atoms with Gasteiger partial charge in [-0.05, 0) is 50.5 Å². The lowest BCUT2D eigenvalue weighted by Crippen LogP contribution is -1.99. The van der Waals surface area contributed by atoms with Crippen molar-refractivity contribution in [3.63, 3.8) is 0 Å². The molecule has 2 nitrogen and oxygen atoms in total. The summed E-state index contributed by atoms with van der Waals surface area (Å²) in [6.45, 7) is 8.24. The van der Waals surface area contributed by atoms with Gasteiger partial charge in [0.25, 0.3) is 0 Å². The molecule has 0 fully saturated rings. The molecule has 0 heterocycles. The maximum absolute atomic E-state index is 8.75. The van der Waals surface area contributed by atoms with Gasteiger partial charge in [-0.15, -0.1) is 0 Å². The van der Waals surface area contributed by atoms with Crippen molar-refractivity contribution < 1.29 is 4.74 Å². The number of benzene rings is 1. The molecule has 73 valence electrons. The predicted octanol–water partition coefficient (Wildman–Crippen LogP) is 2.78. The highest BCUT2D eigenvalue weighted by atomic mass is 16.5. The van der Waals surface area contributed by atoms with Crippen molar-refractivity contribution in [1.29, 1.82) is 5.26 Å². The zero-order chi connectivity index (χ0) is 10.6. The number of hydrogen-bond donors (Lipinski definition) is 0. The third-order valence-corrected chi connectivity index (χ3v) is 1.98. The Morgan fingerprint density at radius 1 is 1.36 bits per heavy atom. The molecule has 1 rings (SSSR count). The summed E-state index contributed by atoms with van der Waals surface area (Å²) >= 11 is 0. The fourth-order valence-electron chi connectivity index (χ4n) is 1.42. The van der Waals surface area contributed by atoms with Crippen molar-refractivity contribution in [3.05, 3.63) is 35.7 Å². The fraction of sp³-hybridized carbons (Fsp3) is 0.333. The molecule has 0 N–H and O–H groups in total. The van der Waals surface area contributed by atoms with Crippen LogP contribution in [0.1, 0.15) is 23.1 Å². The molecule has 1 radical (unpaired) electrons. The summed E-state index contributed by atoms with van der Waals surface area (Å²) in [4.78, 5) is 0. The van der Waals surface area contributed by atoms with Gasteiger partial charge in [-0.3, -0.25) is 0 Å². The van der Waals surface area contributed by atoms with E-state index in [0.717, 1.165) is 23.3 Å². The van der Waals surface area contributed by atoms with Crippen LogP contribution in [-0.4, -0.2) is 6.61 Å². The minimum atomic E-state index is 0.619. The quantitative estimate of drug-likeness (QED) is 0.730. The SMILES string of the molecule is [CH2]CCOc1c(C)cc(C#N)cc1C. The van der Waals surface area contributed by atoms with Crippen molar-refractivity contribution in [3.8, 4) is 11.8 Å². The number of nitriles is 1. The normalized spacial score (nSPS) is 9.57. The molecule has 1 aromatic carbocycles. The van der Waals surface area contributed by atoms with Crippen LogP contribution in [0.3, 0.4) is 0 Å². The Hall–Kier alpha value is -1.49. The van der Waals surface area contributed by atoms with Gasteiger partial charge in [0.2, 0.25) is 0 Å². The number of nitrogens with zero attached hydrogens (tertiary/aromatic N) is 1. The smallest absolute Gasteiger partial charge is 0.125 e. The summed E-state index contributed by atoms with van der Waals surface area (Å²) < 4.78 is 5.54. The molecular weight excluding hydrogens is 174 g/mol. The van der Waals surface area contributed by atoms with Crippen LogP contribution >= 0.6 is 0 Å². The molecule has 0 unspecified atom stereocenters. The summed E-state index contributed by atoms with van der Waals surface area (Å²) in [5.41, 5.74) is 2.70. The maximum Gasteiger partial charge on any atom is 0.125 e. The van der Waals surface area contributed by atoms with Crippen LogP contribution in [-0.2, 0) is 0 Å². The largest absolute Gasteiger partial charge is 0.493 e.